The van der Waals surface area contributed by atoms with Crippen LogP contribution in [-0.4, -0.2) is 9.97 Å². The number of benzene rings is 1. The monoisotopic (exact) mass is 335 g/mol. The second-order valence-electron chi connectivity index (χ2n) is 3.78. The van der Waals surface area contributed by atoms with Gasteiger partial charge in [0.15, 0.2) is 0 Å². The highest BCUT2D eigenvalue weighted by atomic mass is 79.9. The van der Waals surface area contributed by atoms with Gasteiger partial charge in [-0.05, 0) is 39.5 Å². The van der Waals surface area contributed by atoms with Crippen LogP contribution in [0.2, 0.25) is 0 Å². The summed E-state index contributed by atoms with van der Waals surface area (Å²) in [5.74, 6) is 6.52. The standard InChI is InChI=1S/C12H10BrN5S/c13-8-3-1-2-4-9(8)15-10-7-5-6-19-11(7)17-12(16-10)18-14/h1-6H,14H2,(H2,15,16,17,18). The lowest BCUT2D eigenvalue weighted by molar-refractivity contribution is 1.16. The molecule has 0 unspecified atom stereocenters. The van der Waals surface area contributed by atoms with Gasteiger partial charge in [0.2, 0.25) is 5.95 Å². The summed E-state index contributed by atoms with van der Waals surface area (Å²) in [6.45, 7) is 0. The fourth-order valence-corrected chi connectivity index (χ4v) is 2.85. The maximum absolute atomic E-state index is 5.39. The Morgan fingerprint density at radius 3 is 2.79 bits per heavy atom. The van der Waals surface area contributed by atoms with Gasteiger partial charge in [0.25, 0.3) is 0 Å². The lowest BCUT2D eigenvalue weighted by atomic mass is 10.3. The Kier molecular flexibility index (Phi) is 3.33. The van der Waals surface area contributed by atoms with E-state index in [-0.39, 0.29) is 0 Å². The van der Waals surface area contributed by atoms with E-state index in [4.69, 9.17) is 5.84 Å². The molecular formula is C12H10BrN5S. The minimum Gasteiger partial charge on any atom is -0.339 e. The molecule has 4 N–H and O–H groups in total. The maximum atomic E-state index is 5.39. The summed E-state index contributed by atoms with van der Waals surface area (Å²) >= 11 is 5.05. The average Bonchev–Trinajstić information content (AvgIpc) is 2.89. The molecule has 0 aliphatic carbocycles. The van der Waals surface area contributed by atoms with Crippen molar-refractivity contribution >= 4 is 54.9 Å². The number of nitrogens with zero attached hydrogens (tertiary/aromatic N) is 2. The lowest BCUT2D eigenvalue weighted by Crippen LogP contribution is -2.11. The molecule has 0 spiro atoms. The molecule has 0 aliphatic rings. The first-order valence-electron chi connectivity index (χ1n) is 5.51. The number of aromatic nitrogens is 2. The first-order valence-corrected chi connectivity index (χ1v) is 7.18. The van der Waals surface area contributed by atoms with Gasteiger partial charge in [-0.2, -0.15) is 4.98 Å². The van der Waals surface area contributed by atoms with Gasteiger partial charge in [0.05, 0.1) is 11.1 Å². The quantitative estimate of drug-likeness (QED) is 0.504. The number of hydrogen-bond acceptors (Lipinski definition) is 6. The molecule has 2 heterocycles. The number of nitrogen functional groups attached to an aromatic ring is 1. The van der Waals surface area contributed by atoms with Crippen LogP contribution in [0.15, 0.2) is 40.2 Å². The lowest BCUT2D eigenvalue weighted by Gasteiger charge is -2.09. The highest BCUT2D eigenvalue weighted by Crippen LogP contribution is 2.31. The van der Waals surface area contributed by atoms with Gasteiger partial charge in [-0.1, -0.05) is 12.1 Å². The number of para-hydroxylation sites is 1. The molecule has 3 rings (SSSR count). The van der Waals surface area contributed by atoms with E-state index in [1.54, 1.807) is 11.3 Å². The summed E-state index contributed by atoms with van der Waals surface area (Å²) in [6, 6.07) is 9.85. The first-order chi connectivity index (χ1) is 9.28. The third-order valence-electron chi connectivity index (χ3n) is 2.58. The van der Waals surface area contributed by atoms with E-state index in [2.05, 4.69) is 36.6 Å². The second kappa shape index (κ2) is 5.12. The fraction of sp³-hybridized carbons (Fsp3) is 0. The summed E-state index contributed by atoms with van der Waals surface area (Å²) in [4.78, 5) is 9.54. The van der Waals surface area contributed by atoms with Crippen LogP contribution in [0.3, 0.4) is 0 Å². The first kappa shape index (κ1) is 12.3. The number of hydrogen-bond donors (Lipinski definition) is 3. The molecule has 0 fully saturated rings. The Hall–Kier alpha value is -1.70. The number of nitrogens with one attached hydrogen (secondary N) is 2. The minimum absolute atomic E-state index is 0.393. The van der Waals surface area contributed by atoms with Crippen LogP contribution in [0, 0.1) is 0 Å². The van der Waals surface area contributed by atoms with Crippen molar-refractivity contribution in [3.05, 3.63) is 40.2 Å². The normalized spacial score (nSPS) is 10.6. The highest BCUT2D eigenvalue weighted by Gasteiger charge is 2.09. The predicted octanol–water partition coefficient (Wildman–Crippen LogP) is 3.48. The third-order valence-corrected chi connectivity index (χ3v) is 4.08. The molecule has 0 atom stereocenters. The molecule has 3 aromatic rings. The van der Waals surface area contributed by atoms with Crippen LogP contribution in [0.25, 0.3) is 10.2 Å². The Labute approximate surface area is 122 Å². The zero-order valence-electron chi connectivity index (χ0n) is 9.72. The molecule has 0 radical (unpaired) electrons. The number of halogens is 1. The molecule has 0 saturated heterocycles. The number of anilines is 3. The summed E-state index contributed by atoms with van der Waals surface area (Å²) < 4.78 is 0.972. The number of thiophene rings is 1. The van der Waals surface area contributed by atoms with Gasteiger partial charge in [-0.3, -0.25) is 5.43 Å². The van der Waals surface area contributed by atoms with Gasteiger partial charge in [0.1, 0.15) is 10.6 Å². The zero-order chi connectivity index (χ0) is 13.2. The van der Waals surface area contributed by atoms with E-state index in [1.807, 2.05) is 35.7 Å². The molecule has 19 heavy (non-hydrogen) atoms. The average molecular weight is 336 g/mol. The van der Waals surface area contributed by atoms with E-state index in [9.17, 15) is 0 Å². The molecule has 2 aromatic heterocycles. The zero-order valence-corrected chi connectivity index (χ0v) is 12.1. The highest BCUT2D eigenvalue weighted by molar-refractivity contribution is 9.10. The van der Waals surface area contributed by atoms with Gasteiger partial charge >= 0.3 is 0 Å². The predicted molar refractivity (Wildman–Crippen MR) is 82.6 cm³/mol. The van der Waals surface area contributed by atoms with Crippen LogP contribution in [0.1, 0.15) is 0 Å². The molecule has 0 aliphatic heterocycles. The number of nitrogens with two attached hydrogens (primary N) is 1. The fourth-order valence-electron chi connectivity index (χ4n) is 1.71. The smallest absolute Gasteiger partial charge is 0.240 e. The van der Waals surface area contributed by atoms with Gasteiger partial charge in [-0.15, -0.1) is 11.3 Å². The van der Waals surface area contributed by atoms with Crippen molar-refractivity contribution in [3.63, 3.8) is 0 Å². The second-order valence-corrected chi connectivity index (χ2v) is 5.53. The summed E-state index contributed by atoms with van der Waals surface area (Å²) in [5, 5.41) is 6.24. The molecule has 1 aromatic carbocycles. The number of fused-ring (bicyclic) bond motifs is 1. The van der Waals surface area contributed by atoms with Gasteiger partial charge in [0, 0.05) is 4.47 Å². The third kappa shape index (κ3) is 2.40. The van der Waals surface area contributed by atoms with Crippen molar-refractivity contribution in [1.29, 1.82) is 0 Å². The van der Waals surface area contributed by atoms with Crippen LogP contribution in [0.5, 0.6) is 0 Å². The van der Waals surface area contributed by atoms with Crippen molar-refractivity contribution in [3.8, 4) is 0 Å². The van der Waals surface area contributed by atoms with Crippen molar-refractivity contribution in [2.24, 2.45) is 5.84 Å². The summed E-state index contributed by atoms with van der Waals surface area (Å²) in [7, 11) is 0. The number of rotatable bonds is 3. The topological polar surface area (TPSA) is 75.9 Å². The van der Waals surface area contributed by atoms with Crippen LogP contribution in [-0.2, 0) is 0 Å². The van der Waals surface area contributed by atoms with Crippen molar-refractivity contribution < 1.29 is 0 Å². The molecule has 96 valence electrons. The van der Waals surface area contributed by atoms with E-state index >= 15 is 0 Å². The van der Waals surface area contributed by atoms with E-state index in [0.717, 1.165) is 26.2 Å². The largest absolute Gasteiger partial charge is 0.339 e. The van der Waals surface area contributed by atoms with Crippen LogP contribution in [0.4, 0.5) is 17.5 Å². The molecule has 0 saturated carbocycles. The molecule has 0 bridgehead atoms. The van der Waals surface area contributed by atoms with E-state index < -0.39 is 0 Å². The Bertz CT molecular complexity index is 727. The SMILES string of the molecule is NNc1nc(Nc2ccccc2Br)c2ccsc2n1. The Balaban J connectivity index is 2.09. The van der Waals surface area contributed by atoms with Crippen LogP contribution < -0.4 is 16.6 Å². The van der Waals surface area contributed by atoms with Gasteiger partial charge in [-0.25, -0.2) is 10.8 Å². The molecular weight excluding hydrogens is 326 g/mol. The van der Waals surface area contributed by atoms with Crippen molar-refractivity contribution in [1.82, 2.24) is 9.97 Å². The minimum atomic E-state index is 0.393. The Morgan fingerprint density at radius 2 is 2.00 bits per heavy atom. The van der Waals surface area contributed by atoms with E-state index in [1.165, 1.54) is 0 Å². The number of hydrazine groups is 1. The van der Waals surface area contributed by atoms with Crippen molar-refractivity contribution in [2.45, 2.75) is 0 Å². The van der Waals surface area contributed by atoms with Crippen molar-refractivity contribution in [2.75, 3.05) is 10.7 Å². The maximum Gasteiger partial charge on any atom is 0.240 e. The summed E-state index contributed by atoms with van der Waals surface area (Å²) in [5.41, 5.74) is 3.42. The molecule has 5 nitrogen and oxygen atoms in total. The Morgan fingerprint density at radius 1 is 1.16 bits per heavy atom. The molecule has 7 heteroatoms. The van der Waals surface area contributed by atoms with E-state index in [0.29, 0.717) is 5.95 Å². The molecule has 0 amide bonds. The van der Waals surface area contributed by atoms with Gasteiger partial charge < -0.3 is 5.32 Å². The van der Waals surface area contributed by atoms with Crippen LogP contribution >= 0.6 is 27.3 Å². The summed E-state index contributed by atoms with van der Waals surface area (Å²) in [6.07, 6.45) is 0.